The number of Topliss-reactive ketones (excluding diaryl/α,β-unsaturated/α-hetero) is 1. The van der Waals surface area contributed by atoms with Crippen LogP contribution in [0.25, 0.3) is 0 Å². The van der Waals surface area contributed by atoms with Crippen LogP contribution in [0.4, 0.5) is 0 Å². The van der Waals surface area contributed by atoms with Gasteiger partial charge in [0.05, 0.1) is 0 Å². The van der Waals surface area contributed by atoms with E-state index in [0.717, 1.165) is 19.3 Å². The summed E-state index contributed by atoms with van der Waals surface area (Å²) < 4.78 is 6.21. The summed E-state index contributed by atoms with van der Waals surface area (Å²) in [5.41, 5.74) is 0.811. The topological polar surface area (TPSA) is 46.7 Å². The number of rotatable bonds is 1. The quantitative estimate of drug-likeness (QED) is 0.650. The zero-order chi connectivity index (χ0) is 18.7. The Morgan fingerprint density at radius 3 is 2.62 bits per heavy atom. The van der Waals surface area contributed by atoms with Gasteiger partial charge in [-0.25, -0.2) is 0 Å². The molecule has 0 amide bonds. The second-order valence-electron chi connectivity index (χ2n) is 10.7. The molecule has 0 aromatic heterocycles. The van der Waals surface area contributed by atoms with Crippen molar-refractivity contribution in [2.75, 3.05) is 0 Å². The maximum Gasteiger partial charge on any atom is 0.165 e. The van der Waals surface area contributed by atoms with Gasteiger partial charge in [0.15, 0.2) is 17.2 Å². The number of ether oxygens (including phenoxy) is 1. The van der Waals surface area contributed by atoms with Gasteiger partial charge in [0, 0.05) is 11.8 Å². The first-order valence-corrected chi connectivity index (χ1v) is 10.6. The fourth-order valence-electron chi connectivity index (χ4n) is 8.60. The van der Waals surface area contributed by atoms with Crippen molar-refractivity contribution in [1.29, 1.82) is 0 Å². The molecule has 0 radical (unpaired) electrons. The van der Waals surface area contributed by atoms with E-state index in [1.165, 1.54) is 18.4 Å². The van der Waals surface area contributed by atoms with Crippen LogP contribution in [0.1, 0.15) is 73.1 Å². The van der Waals surface area contributed by atoms with Gasteiger partial charge in [0.1, 0.15) is 5.60 Å². The summed E-state index contributed by atoms with van der Waals surface area (Å²) in [6, 6.07) is 0. The molecule has 3 nitrogen and oxygen atoms in total. The molecule has 0 spiro atoms. The molecular weight excluding hydrogens is 324 g/mol. The highest BCUT2D eigenvalue weighted by Gasteiger charge is 2.85. The Morgan fingerprint density at radius 1 is 1.19 bits per heavy atom. The van der Waals surface area contributed by atoms with Crippen molar-refractivity contribution in [1.82, 2.24) is 0 Å². The molecule has 5 rings (SSSR count). The van der Waals surface area contributed by atoms with Crippen LogP contribution in [0.2, 0.25) is 0 Å². The molecule has 4 fully saturated rings. The Balaban J connectivity index is 1.56. The summed E-state index contributed by atoms with van der Waals surface area (Å²) >= 11 is 0. The Morgan fingerprint density at radius 2 is 1.92 bits per heavy atom. The lowest BCUT2D eigenvalue weighted by Gasteiger charge is -2.59. The van der Waals surface area contributed by atoms with E-state index in [-0.39, 0.29) is 22.2 Å². The summed E-state index contributed by atoms with van der Waals surface area (Å²) in [4.78, 5) is 24.7. The maximum absolute atomic E-state index is 12.7. The first-order valence-electron chi connectivity index (χ1n) is 10.6. The monoisotopic (exact) mass is 356 g/mol. The Labute approximate surface area is 156 Å². The molecule has 4 aliphatic carbocycles. The number of hydrogen-bond acceptors (Lipinski definition) is 3. The standard InChI is InChI=1S/C23H32O3/c1-13-10-16-17(20(3)8-6-15(25)11-18(13)20)7-9-21(4)19(16)12-22(5)23(21,26-22)14(2)24/h11,13,16-17,19H,6-10,12H2,1-5H3/t13-,16?,17?,19?,20?,21?,22+,23-/m0/s1. The highest BCUT2D eigenvalue weighted by Crippen LogP contribution is 2.77. The van der Waals surface area contributed by atoms with E-state index in [0.29, 0.717) is 35.9 Å². The Kier molecular flexibility index (Phi) is 3.11. The van der Waals surface area contributed by atoms with Crippen LogP contribution in [0.5, 0.6) is 0 Å². The molecule has 1 aliphatic heterocycles. The van der Waals surface area contributed by atoms with Crippen molar-refractivity contribution < 1.29 is 14.3 Å². The number of fused-ring (bicyclic) bond motifs is 7. The normalized spacial score (nSPS) is 57.4. The highest BCUT2D eigenvalue weighted by atomic mass is 16.6. The molecule has 5 unspecified atom stereocenters. The number of carbonyl (C=O) groups excluding carboxylic acids is 2. The molecule has 5 aliphatic rings. The predicted molar refractivity (Wildman–Crippen MR) is 99.5 cm³/mol. The van der Waals surface area contributed by atoms with Crippen molar-refractivity contribution in [2.45, 2.75) is 84.3 Å². The first kappa shape index (κ1) is 17.2. The van der Waals surface area contributed by atoms with Crippen LogP contribution in [0.3, 0.4) is 0 Å². The number of carbonyl (C=O) groups is 2. The molecular formula is C23H32O3. The van der Waals surface area contributed by atoms with E-state index in [2.05, 4.69) is 27.7 Å². The zero-order valence-electron chi connectivity index (χ0n) is 16.9. The fraction of sp³-hybridized carbons (Fsp3) is 0.826. The molecule has 1 heterocycles. The van der Waals surface area contributed by atoms with Gasteiger partial charge in [0.2, 0.25) is 0 Å². The molecule has 3 heteroatoms. The van der Waals surface area contributed by atoms with Crippen molar-refractivity contribution in [3.63, 3.8) is 0 Å². The molecule has 1 saturated heterocycles. The largest absolute Gasteiger partial charge is 0.354 e. The number of epoxide rings is 1. The van der Waals surface area contributed by atoms with E-state index >= 15 is 0 Å². The molecule has 142 valence electrons. The lowest BCUT2D eigenvalue weighted by Crippen LogP contribution is -2.55. The smallest absolute Gasteiger partial charge is 0.165 e. The van der Waals surface area contributed by atoms with E-state index in [4.69, 9.17) is 4.74 Å². The van der Waals surface area contributed by atoms with Crippen molar-refractivity contribution in [3.05, 3.63) is 11.6 Å². The molecule has 0 N–H and O–H groups in total. The van der Waals surface area contributed by atoms with Gasteiger partial charge in [-0.05, 0) is 81.1 Å². The van der Waals surface area contributed by atoms with Gasteiger partial charge < -0.3 is 4.74 Å². The summed E-state index contributed by atoms with van der Waals surface area (Å²) in [7, 11) is 0. The lowest BCUT2D eigenvalue weighted by atomic mass is 9.45. The molecule has 8 atom stereocenters. The number of allylic oxidation sites excluding steroid dienone is 1. The average molecular weight is 357 g/mol. The summed E-state index contributed by atoms with van der Waals surface area (Å²) in [6.07, 6.45) is 8.16. The molecule has 26 heavy (non-hydrogen) atoms. The summed E-state index contributed by atoms with van der Waals surface area (Å²) in [5.74, 6) is 2.92. The zero-order valence-corrected chi connectivity index (χ0v) is 16.9. The van der Waals surface area contributed by atoms with E-state index < -0.39 is 5.60 Å². The van der Waals surface area contributed by atoms with E-state index in [1.54, 1.807) is 6.92 Å². The number of hydrogen-bond donors (Lipinski definition) is 0. The first-order chi connectivity index (χ1) is 12.1. The minimum atomic E-state index is -0.529. The second-order valence-corrected chi connectivity index (χ2v) is 10.7. The van der Waals surface area contributed by atoms with Gasteiger partial charge in [-0.3, -0.25) is 9.59 Å². The highest BCUT2D eigenvalue weighted by molar-refractivity contribution is 5.92. The maximum atomic E-state index is 12.7. The SMILES string of the molecule is CC(=O)[C@@]12O[C@]1(C)CC1C3C[C@H](C)C4=CC(=O)CCC4(C)C3CCC12C. The molecule has 3 saturated carbocycles. The minimum absolute atomic E-state index is 0.0173. The van der Waals surface area contributed by atoms with Gasteiger partial charge in [-0.1, -0.05) is 26.3 Å². The van der Waals surface area contributed by atoms with Crippen LogP contribution >= 0.6 is 0 Å². The third-order valence-electron chi connectivity index (χ3n) is 9.66. The number of ketones is 2. The van der Waals surface area contributed by atoms with Crippen LogP contribution in [0, 0.1) is 34.5 Å². The summed E-state index contributed by atoms with van der Waals surface area (Å²) in [5, 5.41) is 0. The molecule has 0 aromatic carbocycles. The van der Waals surface area contributed by atoms with Gasteiger partial charge >= 0.3 is 0 Å². The van der Waals surface area contributed by atoms with Crippen molar-refractivity contribution in [3.8, 4) is 0 Å². The van der Waals surface area contributed by atoms with Crippen LogP contribution in [-0.4, -0.2) is 22.8 Å². The Hall–Kier alpha value is -0.960. The van der Waals surface area contributed by atoms with Crippen molar-refractivity contribution in [2.24, 2.45) is 34.5 Å². The minimum Gasteiger partial charge on any atom is -0.354 e. The van der Waals surface area contributed by atoms with Crippen LogP contribution < -0.4 is 0 Å². The third kappa shape index (κ3) is 1.66. The lowest BCUT2D eigenvalue weighted by molar-refractivity contribution is -0.138. The molecule has 0 bridgehead atoms. The van der Waals surface area contributed by atoms with Crippen LogP contribution in [-0.2, 0) is 14.3 Å². The van der Waals surface area contributed by atoms with Gasteiger partial charge in [0.25, 0.3) is 0 Å². The van der Waals surface area contributed by atoms with Crippen molar-refractivity contribution >= 4 is 11.6 Å². The van der Waals surface area contributed by atoms with Crippen LogP contribution in [0.15, 0.2) is 11.6 Å². The van der Waals surface area contributed by atoms with Gasteiger partial charge in [-0.2, -0.15) is 0 Å². The predicted octanol–water partition coefficient (Wildman–Crippen LogP) is 4.49. The fourth-order valence-corrected chi connectivity index (χ4v) is 8.60. The average Bonchev–Trinajstić information content (AvgIpc) is 3.14. The Bertz CT molecular complexity index is 753. The van der Waals surface area contributed by atoms with Gasteiger partial charge in [-0.15, -0.1) is 0 Å². The third-order valence-corrected chi connectivity index (χ3v) is 9.66. The summed E-state index contributed by atoms with van der Waals surface area (Å²) in [6.45, 7) is 11.0. The second kappa shape index (κ2) is 4.71. The van der Waals surface area contributed by atoms with E-state index in [1.807, 2.05) is 6.08 Å². The van der Waals surface area contributed by atoms with E-state index in [9.17, 15) is 9.59 Å². The molecule has 0 aromatic rings.